The van der Waals surface area contributed by atoms with Crippen molar-refractivity contribution in [2.75, 3.05) is 0 Å². The third kappa shape index (κ3) is 0.316. The van der Waals surface area contributed by atoms with Gasteiger partial charge >= 0.3 is 0 Å². The molecular weight excluding hydrogens is 136 g/mol. The SMILES string of the molecule is O=C1CC2[C@H]3C4C=CC4[C@@H]2C13. The van der Waals surface area contributed by atoms with Crippen LogP contribution in [0.1, 0.15) is 6.42 Å². The van der Waals surface area contributed by atoms with Gasteiger partial charge in [0.25, 0.3) is 0 Å². The molecule has 0 aromatic heterocycles. The number of carbonyl (C=O) groups excluding carboxylic acids is 1. The summed E-state index contributed by atoms with van der Waals surface area (Å²) in [4.78, 5) is 11.4. The molecule has 6 atom stereocenters. The lowest BCUT2D eigenvalue weighted by atomic mass is 9.69. The van der Waals surface area contributed by atoms with Crippen LogP contribution in [-0.4, -0.2) is 5.78 Å². The Morgan fingerprint density at radius 1 is 1.18 bits per heavy atom. The number of fused-ring (bicyclic) bond motifs is 1. The van der Waals surface area contributed by atoms with Gasteiger partial charge in [-0.05, 0) is 29.6 Å². The zero-order chi connectivity index (χ0) is 7.16. The van der Waals surface area contributed by atoms with Gasteiger partial charge < -0.3 is 0 Å². The third-order valence-corrected chi connectivity index (χ3v) is 4.52. The van der Waals surface area contributed by atoms with Gasteiger partial charge in [-0.3, -0.25) is 4.79 Å². The molecular formula is C10H10O. The van der Waals surface area contributed by atoms with Crippen molar-refractivity contribution in [3.63, 3.8) is 0 Å². The third-order valence-electron chi connectivity index (χ3n) is 4.52. The van der Waals surface area contributed by atoms with Gasteiger partial charge in [-0.1, -0.05) is 12.2 Å². The average molecular weight is 146 g/mol. The van der Waals surface area contributed by atoms with Crippen molar-refractivity contribution >= 4 is 5.78 Å². The molecule has 56 valence electrons. The standard InChI is InChI=1S/C10H10O/c11-7-3-6-8-4-1-2-5(4)9(6)10(7)8/h1-2,4-6,8-10H,3H2/t4?,5?,6?,8-,9+,10?. The molecule has 6 aliphatic rings. The quantitative estimate of drug-likeness (QED) is 0.470. The van der Waals surface area contributed by atoms with Gasteiger partial charge in [-0.2, -0.15) is 0 Å². The van der Waals surface area contributed by atoms with Crippen molar-refractivity contribution in [3.8, 4) is 0 Å². The number of hydrogen-bond donors (Lipinski definition) is 0. The minimum Gasteiger partial charge on any atom is -0.299 e. The summed E-state index contributed by atoms with van der Waals surface area (Å²) in [6.07, 6.45) is 5.59. The molecule has 0 N–H and O–H groups in total. The van der Waals surface area contributed by atoms with Gasteiger partial charge in [0, 0.05) is 12.3 Å². The van der Waals surface area contributed by atoms with Crippen LogP contribution >= 0.6 is 0 Å². The Morgan fingerprint density at radius 3 is 2.18 bits per heavy atom. The van der Waals surface area contributed by atoms with Gasteiger partial charge in [0.05, 0.1) is 0 Å². The Hall–Kier alpha value is -0.590. The first-order valence-electron chi connectivity index (χ1n) is 4.59. The normalized spacial score (nSPS) is 67.5. The topological polar surface area (TPSA) is 17.1 Å². The highest BCUT2D eigenvalue weighted by molar-refractivity contribution is 5.88. The summed E-state index contributed by atoms with van der Waals surface area (Å²) in [7, 11) is 0. The van der Waals surface area contributed by atoms with E-state index >= 15 is 0 Å². The second-order valence-corrected chi connectivity index (χ2v) is 4.55. The number of hydrogen-bond acceptors (Lipinski definition) is 1. The molecule has 6 aliphatic carbocycles. The van der Waals surface area contributed by atoms with E-state index in [0.717, 1.165) is 36.0 Å². The van der Waals surface area contributed by atoms with E-state index < -0.39 is 0 Å². The highest BCUT2D eigenvalue weighted by Crippen LogP contribution is 2.73. The minimum atomic E-state index is 0.519. The van der Waals surface area contributed by atoms with Crippen molar-refractivity contribution in [2.45, 2.75) is 6.42 Å². The fourth-order valence-electron chi connectivity index (χ4n) is 4.16. The molecule has 1 nitrogen and oxygen atoms in total. The Kier molecular flexibility index (Phi) is 0.566. The van der Waals surface area contributed by atoms with Crippen LogP contribution in [0, 0.1) is 35.5 Å². The van der Waals surface area contributed by atoms with Crippen LogP contribution in [0.4, 0.5) is 0 Å². The number of allylic oxidation sites excluding steroid dienone is 2. The van der Waals surface area contributed by atoms with E-state index in [2.05, 4.69) is 12.2 Å². The lowest BCUT2D eigenvalue weighted by molar-refractivity contribution is -0.121. The Labute approximate surface area is 65.5 Å². The van der Waals surface area contributed by atoms with Crippen LogP contribution in [0.15, 0.2) is 12.2 Å². The van der Waals surface area contributed by atoms with Gasteiger partial charge in [0.1, 0.15) is 5.78 Å². The van der Waals surface area contributed by atoms with Crippen LogP contribution in [0.5, 0.6) is 0 Å². The molecule has 0 radical (unpaired) electrons. The zero-order valence-electron chi connectivity index (χ0n) is 6.23. The molecule has 0 spiro atoms. The Morgan fingerprint density at radius 2 is 1.82 bits per heavy atom. The lowest BCUT2D eigenvalue weighted by Gasteiger charge is -2.33. The molecule has 0 aromatic rings. The Bertz CT molecular complexity index is 271. The summed E-state index contributed by atoms with van der Waals surface area (Å²) in [5, 5.41) is 0. The summed E-state index contributed by atoms with van der Waals surface area (Å²) in [5.41, 5.74) is 0. The van der Waals surface area contributed by atoms with E-state index in [-0.39, 0.29) is 0 Å². The van der Waals surface area contributed by atoms with Crippen LogP contribution < -0.4 is 0 Å². The number of rotatable bonds is 0. The average Bonchev–Trinajstić information content (AvgIpc) is 2.47. The molecule has 5 fully saturated rings. The first-order chi connectivity index (χ1) is 5.38. The number of carbonyl (C=O) groups is 1. The lowest BCUT2D eigenvalue weighted by Crippen LogP contribution is -2.33. The molecule has 0 saturated heterocycles. The molecule has 4 unspecified atom stereocenters. The number of Topliss-reactive ketones (excluding diaryl/α,β-unsaturated/α-hetero) is 1. The molecule has 0 heterocycles. The van der Waals surface area contributed by atoms with E-state index in [1.165, 1.54) is 0 Å². The molecule has 0 aliphatic heterocycles. The predicted molar refractivity (Wildman–Crippen MR) is 39.7 cm³/mol. The molecule has 1 heteroatoms. The van der Waals surface area contributed by atoms with Crippen LogP contribution in [-0.2, 0) is 4.79 Å². The maximum absolute atomic E-state index is 11.4. The van der Waals surface area contributed by atoms with E-state index in [4.69, 9.17) is 0 Å². The van der Waals surface area contributed by atoms with Crippen molar-refractivity contribution < 1.29 is 4.79 Å². The van der Waals surface area contributed by atoms with Crippen molar-refractivity contribution in [2.24, 2.45) is 35.5 Å². The van der Waals surface area contributed by atoms with Crippen LogP contribution in [0.3, 0.4) is 0 Å². The predicted octanol–water partition coefficient (Wildman–Crippen LogP) is 1.25. The van der Waals surface area contributed by atoms with Crippen LogP contribution in [0.2, 0.25) is 0 Å². The fourth-order valence-corrected chi connectivity index (χ4v) is 4.16. The Balaban J connectivity index is 1.90. The summed E-state index contributed by atoms with van der Waals surface area (Å²) in [6, 6.07) is 0. The minimum absolute atomic E-state index is 0.519. The largest absolute Gasteiger partial charge is 0.299 e. The first-order valence-corrected chi connectivity index (χ1v) is 4.59. The summed E-state index contributed by atoms with van der Waals surface area (Å²) in [6.45, 7) is 0. The smallest absolute Gasteiger partial charge is 0.136 e. The van der Waals surface area contributed by atoms with Crippen molar-refractivity contribution in [1.29, 1.82) is 0 Å². The second kappa shape index (κ2) is 1.21. The molecule has 6 rings (SSSR count). The second-order valence-electron chi connectivity index (χ2n) is 4.55. The molecule has 0 aromatic carbocycles. The molecule has 5 saturated carbocycles. The summed E-state index contributed by atoms with van der Waals surface area (Å²) >= 11 is 0. The van der Waals surface area contributed by atoms with Crippen molar-refractivity contribution in [3.05, 3.63) is 12.2 Å². The maximum atomic E-state index is 11.4. The fraction of sp³-hybridized carbons (Fsp3) is 0.700. The highest BCUT2D eigenvalue weighted by Gasteiger charge is 2.72. The summed E-state index contributed by atoms with van der Waals surface area (Å²) in [5.74, 6) is 5.21. The monoisotopic (exact) mass is 146 g/mol. The van der Waals surface area contributed by atoms with Gasteiger partial charge in [-0.25, -0.2) is 0 Å². The zero-order valence-corrected chi connectivity index (χ0v) is 6.23. The molecule has 11 heavy (non-hydrogen) atoms. The van der Waals surface area contributed by atoms with E-state index in [9.17, 15) is 4.79 Å². The van der Waals surface area contributed by atoms with Gasteiger partial charge in [0.2, 0.25) is 0 Å². The molecule has 4 bridgehead atoms. The van der Waals surface area contributed by atoms with Crippen LogP contribution in [0.25, 0.3) is 0 Å². The first kappa shape index (κ1) is 5.13. The molecule has 0 amide bonds. The summed E-state index contributed by atoms with van der Waals surface area (Å²) < 4.78 is 0. The van der Waals surface area contributed by atoms with Gasteiger partial charge in [-0.15, -0.1) is 0 Å². The van der Waals surface area contributed by atoms with Crippen molar-refractivity contribution in [1.82, 2.24) is 0 Å². The van der Waals surface area contributed by atoms with Gasteiger partial charge in [0.15, 0.2) is 0 Å². The van der Waals surface area contributed by atoms with E-state index in [1.54, 1.807) is 0 Å². The van der Waals surface area contributed by atoms with E-state index in [0.29, 0.717) is 11.7 Å². The maximum Gasteiger partial charge on any atom is 0.136 e. The van der Waals surface area contributed by atoms with E-state index in [1.807, 2.05) is 0 Å². The number of ketones is 1. The highest BCUT2D eigenvalue weighted by atomic mass is 16.1.